The molecule has 0 spiro atoms. The van der Waals surface area contributed by atoms with Gasteiger partial charge in [0.2, 0.25) is 10.0 Å². The maximum Gasteiger partial charge on any atom is 0.242 e. The van der Waals surface area contributed by atoms with Crippen LogP contribution in [0.25, 0.3) is 5.65 Å². The summed E-state index contributed by atoms with van der Waals surface area (Å²) in [5.41, 5.74) is 7.26. The van der Waals surface area contributed by atoms with Gasteiger partial charge in [-0.25, -0.2) is 17.7 Å². The highest BCUT2D eigenvalue weighted by Gasteiger charge is 2.20. The molecule has 4 rings (SSSR count). The summed E-state index contributed by atoms with van der Waals surface area (Å²) in [5.74, 6) is 1.36. The Labute approximate surface area is 186 Å². The van der Waals surface area contributed by atoms with Crippen molar-refractivity contribution in [2.45, 2.75) is 42.7 Å². The normalized spacial score (nSPS) is 19.6. The third-order valence-electron chi connectivity index (χ3n) is 5.46. The second-order valence-corrected chi connectivity index (χ2v) is 10.5. The number of benzene rings is 1. The maximum absolute atomic E-state index is 12.3. The van der Waals surface area contributed by atoms with Gasteiger partial charge in [-0.15, -0.1) is 0 Å². The Bertz CT molecular complexity index is 1170. The minimum absolute atomic E-state index is 0.225. The smallest absolute Gasteiger partial charge is 0.242 e. The van der Waals surface area contributed by atoms with Crippen LogP contribution in [0, 0.1) is 0 Å². The average molecular weight is 464 g/mol. The van der Waals surface area contributed by atoms with Crippen molar-refractivity contribution in [2.24, 2.45) is 5.73 Å². The molecular formula is C20H26ClN7O2S. The van der Waals surface area contributed by atoms with E-state index in [2.05, 4.69) is 20.7 Å². The van der Waals surface area contributed by atoms with Crippen LogP contribution >= 0.6 is 11.6 Å². The number of nitrogens with zero attached hydrogens (tertiary/aromatic N) is 4. The van der Waals surface area contributed by atoms with E-state index in [9.17, 15) is 8.42 Å². The van der Waals surface area contributed by atoms with Gasteiger partial charge < -0.3 is 16.4 Å². The minimum Gasteiger partial charge on any atom is -0.367 e. The van der Waals surface area contributed by atoms with Crippen molar-refractivity contribution in [2.75, 3.05) is 24.7 Å². The molecule has 0 saturated heterocycles. The molecule has 31 heavy (non-hydrogen) atoms. The number of sulfonamides is 1. The van der Waals surface area contributed by atoms with E-state index in [0.717, 1.165) is 25.7 Å². The summed E-state index contributed by atoms with van der Waals surface area (Å²) in [5, 5.41) is 11.5. The largest absolute Gasteiger partial charge is 0.367 e. The first kappa shape index (κ1) is 21.8. The predicted octanol–water partition coefficient (Wildman–Crippen LogP) is 3.06. The predicted molar refractivity (Wildman–Crippen MR) is 122 cm³/mol. The Morgan fingerprint density at radius 3 is 2.48 bits per heavy atom. The van der Waals surface area contributed by atoms with Crippen LogP contribution in [0.2, 0.25) is 5.02 Å². The number of rotatable bonds is 6. The molecule has 0 aliphatic heterocycles. The van der Waals surface area contributed by atoms with Crippen LogP contribution in [0.5, 0.6) is 0 Å². The lowest BCUT2D eigenvalue weighted by Gasteiger charge is -2.27. The molecule has 0 amide bonds. The van der Waals surface area contributed by atoms with E-state index in [0.29, 0.717) is 34.0 Å². The van der Waals surface area contributed by atoms with Gasteiger partial charge in [0.05, 0.1) is 11.1 Å². The van der Waals surface area contributed by atoms with E-state index in [4.69, 9.17) is 17.3 Å². The number of halogens is 1. The van der Waals surface area contributed by atoms with E-state index in [-0.39, 0.29) is 10.9 Å². The van der Waals surface area contributed by atoms with Gasteiger partial charge in [-0.1, -0.05) is 11.6 Å². The van der Waals surface area contributed by atoms with Crippen LogP contribution < -0.4 is 16.4 Å². The SMILES string of the molecule is CN(C)S(=O)(=O)c1ccc(Nc2cc(NC3CCC(N)CC3)nc3c(Cl)cnn23)cc1. The van der Waals surface area contributed by atoms with Gasteiger partial charge in [0.1, 0.15) is 16.7 Å². The quantitative estimate of drug-likeness (QED) is 0.514. The number of anilines is 3. The Morgan fingerprint density at radius 2 is 1.84 bits per heavy atom. The summed E-state index contributed by atoms with van der Waals surface area (Å²) < 4.78 is 27.4. The standard InChI is InChI=1S/C20H26ClN7O2S/c1-27(2)31(29,30)16-9-7-15(8-10-16)25-19-11-18(24-14-5-3-13(22)4-6-14)26-20-17(21)12-23-28(19)20/h7-14,25H,3-6,22H2,1-2H3,(H,24,26). The Morgan fingerprint density at radius 1 is 1.16 bits per heavy atom. The van der Waals surface area contributed by atoms with Crippen molar-refractivity contribution in [3.8, 4) is 0 Å². The molecule has 11 heteroatoms. The lowest BCUT2D eigenvalue weighted by molar-refractivity contribution is 0.410. The molecule has 0 radical (unpaired) electrons. The number of aromatic nitrogens is 3. The van der Waals surface area contributed by atoms with Gasteiger partial charge >= 0.3 is 0 Å². The average Bonchev–Trinajstić information content (AvgIpc) is 3.11. The molecule has 0 bridgehead atoms. The zero-order chi connectivity index (χ0) is 22.2. The van der Waals surface area contributed by atoms with Crippen molar-refractivity contribution in [3.63, 3.8) is 0 Å². The van der Waals surface area contributed by atoms with E-state index in [1.54, 1.807) is 35.0 Å². The number of nitrogens with two attached hydrogens (primary N) is 1. The fourth-order valence-electron chi connectivity index (χ4n) is 3.64. The van der Waals surface area contributed by atoms with Crippen LogP contribution in [0.15, 0.2) is 41.4 Å². The Hall–Kier alpha value is -2.40. The third-order valence-corrected chi connectivity index (χ3v) is 7.55. The first-order valence-electron chi connectivity index (χ1n) is 10.1. The molecule has 0 atom stereocenters. The molecule has 9 nitrogen and oxygen atoms in total. The highest BCUT2D eigenvalue weighted by atomic mass is 35.5. The molecule has 0 unspecified atom stereocenters. The van der Waals surface area contributed by atoms with Crippen molar-refractivity contribution in [1.82, 2.24) is 18.9 Å². The van der Waals surface area contributed by atoms with Gasteiger partial charge in [-0.3, -0.25) is 0 Å². The van der Waals surface area contributed by atoms with Gasteiger partial charge in [0, 0.05) is 37.9 Å². The summed E-state index contributed by atoms with van der Waals surface area (Å²) in [4.78, 5) is 4.84. The fraction of sp³-hybridized carbons (Fsp3) is 0.400. The molecule has 4 N–H and O–H groups in total. The molecule has 1 aromatic carbocycles. The lowest BCUT2D eigenvalue weighted by atomic mass is 9.92. The summed E-state index contributed by atoms with van der Waals surface area (Å²) >= 11 is 6.29. The molecule has 2 heterocycles. The van der Waals surface area contributed by atoms with Crippen LogP contribution in [-0.4, -0.2) is 53.5 Å². The summed E-state index contributed by atoms with van der Waals surface area (Å²) in [6.07, 6.45) is 5.50. The van der Waals surface area contributed by atoms with Crippen LogP contribution in [0.1, 0.15) is 25.7 Å². The van der Waals surface area contributed by atoms with Crippen molar-refractivity contribution < 1.29 is 8.42 Å². The number of fused-ring (bicyclic) bond motifs is 1. The summed E-state index contributed by atoms with van der Waals surface area (Å²) in [6, 6.07) is 9.00. The molecule has 1 saturated carbocycles. The molecule has 1 aliphatic carbocycles. The first-order valence-corrected chi connectivity index (χ1v) is 11.9. The van der Waals surface area contributed by atoms with Gasteiger partial charge in [-0.05, 0) is 49.9 Å². The van der Waals surface area contributed by atoms with Gasteiger partial charge in [-0.2, -0.15) is 9.61 Å². The molecule has 1 fully saturated rings. The molecular weight excluding hydrogens is 438 g/mol. The highest BCUT2D eigenvalue weighted by molar-refractivity contribution is 7.89. The van der Waals surface area contributed by atoms with E-state index < -0.39 is 10.0 Å². The van der Waals surface area contributed by atoms with Crippen molar-refractivity contribution in [1.29, 1.82) is 0 Å². The lowest BCUT2D eigenvalue weighted by Crippen LogP contribution is -2.33. The van der Waals surface area contributed by atoms with E-state index >= 15 is 0 Å². The van der Waals surface area contributed by atoms with E-state index in [1.807, 2.05) is 6.07 Å². The Kier molecular flexibility index (Phi) is 6.07. The maximum atomic E-state index is 12.3. The van der Waals surface area contributed by atoms with E-state index in [1.165, 1.54) is 18.4 Å². The summed E-state index contributed by atoms with van der Waals surface area (Å²) in [6.45, 7) is 0. The fourth-order valence-corrected chi connectivity index (χ4v) is 4.71. The second kappa shape index (κ2) is 8.62. The van der Waals surface area contributed by atoms with Crippen molar-refractivity contribution in [3.05, 3.63) is 41.6 Å². The molecule has 2 aromatic heterocycles. The summed E-state index contributed by atoms with van der Waals surface area (Å²) in [7, 11) is -0.473. The van der Waals surface area contributed by atoms with Gasteiger partial charge in [0.15, 0.2) is 5.65 Å². The van der Waals surface area contributed by atoms with Gasteiger partial charge in [0.25, 0.3) is 0 Å². The first-order chi connectivity index (χ1) is 14.7. The van der Waals surface area contributed by atoms with Crippen LogP contribution in [0.4, 0.5) is 17.3 Å². The third kappa shape index (κ3) is 4.62. The zero-order valence-electron chi connectivity index (χ0n) is 17.4. The number of nitrogens with one attached hydrogen (secondary N) is 2. The number of hydrogen-bond acceptors (Lipinski definition) is 7. The zero-order valence-corrected chi connectivity index (χ0v) is 19.0. The number of hydrogen-bond donors (Lipinski definition) is 3. The monoisotopic (exact) mass is 463 g/mol. The van der Waals surface area contributed by atoms with Crippen molar-refractivity contribution >= 4 is 44.6 Å². The minimum atomic E-state index is -3.48. The topological polar surface area (TPSA) is 118 Å². The molecule has 3 aromatic rings. The van der Waals surface area contributed by atoms with Crippen LogP contribution in [0.3, 0.4) is 0 Å². The second-order valence-electron chi connectivity index (χ2n) is 7.95. The molecule has 1 aliphatic rings. The van der Waals surface area contributed by atoms with Crippen LogP contribution in [-0.2, 0) is 10.0 Å². The Balaban J connectivity index is 1.61. The molecule has 166 valence electrons. The highest BCUT2D eigenvalue weighted by Crippen LogP contribution is 2.27.